The maximum Gasteiger partial charge on any atom is 0.126 e. The molecule has 0 saturated heterocycles. The zero-order valence-corrected chi connectivity index (χ0v) is 11.8. The van der Waals surface area contributed by atoms with Crippen molar-refractivity contribution in [2.24, 2.45) is 0 Å². The van der Waals surface area contributed by atoms with Crippen LogP contribution in [-0.4, -0.2) is 7.05 Å². The normalized spacial score (nSPS) is 12.4. The molecule has 0 aliphatic heterocycles. The number of nitrogens with one attached hydrogen (secondary N) is 1. The van der Waals surface area contributed by atoms with Gasteiger partial charge in [0.25, 0.3) is 0 Å². The zero-order chi connectivity index (χ0) is 13.8. The van der Waals surface area contributed by atoms with Gasteiger partial charge in [-0.25, -0.2) is 4.39 Å². The largest absolute Gasteiger partial charge is 0.313 e. The monoisotopic (exact) mass is 277 g/mol. The number of likely N-dealkylation sites (N-methyl/N-ethyl adjacent to an activating group) is 1. The molecular formula is C16H17ClFN. The number of aryl methyl sites for hydroxylation is 1. The third-order valence-electron chi connectivity index (χ3n) is 3.30. The topological polar surface area (TPSA) is 12.0 Å². The van der Waals surface area contributed by atoms with Crippen molar-refractivity contribution < 1.29 is 4.39 Å². The van der Waals surface area contributed by atoms with E-state index in [1.54, 1.807) is 13.0 Å². The van der Waals surface area contributed by atoms with Crippen LogP contribution in [0.2, 0.25) is 5.02 Å². The fourth-order valence-corrected chi connectivity index (χ4v) is 2.19. The van der Waals surface area contributed by atoms with Gasteiger partial charge in [0.15, 0.2) is 0 Å². The summed E-state index contributed by atoms with van der Waals surface area (Å²) >= 11 is 5.87. The van der Waals surface area contributed by atoms with Gasteiger partial charge in [0.05, 0.1) is 0 Å². The van der Waals surface area contributed by atoms with Gasteiger partial charge in [-0.2, -0.15) is 0 Å². The van der Waals surface area contributed by atoms with Crippen LogP contribution in [0.4, 0.5) is 4.39 Å². The van der Waals surface area contributed by atoms with Gasteiger partial charge < -0.3 is 5.32 Å². The summed E-state index contributed by atoms with van der Waals surface area (Å²) in [5.74, 6) is -0.158. The van der Waals surface area contributed by atoms with Crippen LogP contribution in [-0.2, 0) is 6.42 Å². The number of hydrogen-bond donors (Lipinski definition) is 1. The molecule has 1 N–H and O–H groups in total. The Hall–Kier alpha value is -1.38. The van der Waals surface area contributed by atoms with Crippen LogP contribution in [0, 0.1) is 12.7 Å². The maximum absolute atomic E-state index is 13.6. The third kappa shape index (κ3) is 3.55. The molecule has 0 aromatic heterocycles. The Morgan fingerprint density at radius 2 is 1.84 bits per heavy atom. The molecular weight excluding hydrogens is 261 g/mol. The van der Waals surface area contributed by atoms with Crippen molar-refractivity contribution in [1.82, 2.24) is 5.32 Å². The molecule has 2 aromatic rings. The summed E-state index contributed by atoms with van der Waals surface area (Å²) in [4.78, 5) is 0. The molecule has 0 saturated carbocycles. The highest BCUT2D eigenvalue weighted by Gasteiger charge is 2.11. The predicted molar refractivity (Wildman–Crippen MR) is 78.1 cm³/mol. The summed E-state index contributed by atoms with van der Waals surface area (Å²) in [6, 6.07) is 13.2. The van der Waals surface area contributed by atoms with Crippen LogP contribution in [0.5, 0.6) is 0 Å². The SMILES string of the molecule is CNC(Cc1ccc(Cl)cc1)c1ccc(C)c(F)c1. The molecule has 0 fully saturated rings. The third-order valence-corrected chi connectivity index (χ3v) is 3.55. The molecule has 2 rings (SSSR count). The summed E-state index contributed by atoms with van der Waals surface area (Å²) in [6.45, 7) is 1.77. The van der Waals surface area contributed by atoms with E-state index in [0.29, 0.717) is 5.56 Å². The minimum absolute atomic E-state index is 0.0938. The highest BCUT2D eigenvalue weighted by molar-refractivity contribution is 6.30. The summed E-state index contributed by atoms with van der Waals surface area (Å²) in [5, 5.41) is 3.96. The smallest absolute Gasteiger partial charge is 0.126 e. The van der Waals surface area contributed by atoms with Crippen LogP contribution in [0.1, 0.15) is 22.7 Å². The molecule has 100 valence electrons. The molecule has 0 bridgehead atoms. The Labute approximate surface area is 118 Å². The standard InChI is InChI=1S/C16H17ClFN/c1-11-3-6-13(10-15(11)18)16(19-2)9-12-4-7-14(17)8-5-12/h3-8,10,16,19H,9H2,1-2H3. The van der Waals surface area contributed by atoms with Crippen molar-refractivity contribution in [3.05, 3.63) is 70.0 Å². The highest BCUT2D eigenvalue weighted by atomic mass is 35.5. The average molecular weight is 278 g/mol. The summed E-state index contributed by atoms with van der Waals surface area (Å²) in [5.41, 5.74) is 2.80. The molecule has 0 amide bonds. The molecule has 3 heteroatoms. The van der Waals surface area contributed by atoms with E-state index in [1.165, 1.54) is 5.56 Å². The lowest BCUT2D eigenvalue weighted by Gasteiger charge is -2.17. The molecule has 19 heavy (non-hydrogen) atoms. The zero-order valence-electron chi connectivity index (χ0n) is 11.1. The van der Waals surface area contributed by atoms with E-state index in [2.05, 4.69) is 5.32 Å². The van der Waals surface area contributed by atoms with Crippen molar-refractivity contribution in [3.63, 3.8) is 0 Å². The van der Waals surface area contributed by atoms with Gasteiger partial charge in [0, 0.05) is 11.1 Å². The van der Waals surface area contributed by atoms with Gasteiger partial charge in [0.1, 0.15) is 5.82 Å². The van der Waals surface area contributed by atoms with Gasteiger partial charge in [-0.3, -0.25) is 0 Å². The minimum Gasteiger partial charge on any atom is -0.313 e. The predicted octanol–water partition coefficient (Wildman–Crippen LogP) is 4.29. The van der Waals surface area contributed by atoms with Gasteiger partial charge in [0.2, 0.25) is 0 Å². The molecule has 0 spiro atoms. The second kappa shape index (κ2) is 6.18. The van der Waals surface area contributed by atoms with E-state index < -0.39 is 0 Å². The van der Waals surface area contributed by atoms with Gasteiger partial charge in [-0.15, -0.1) is 0 Å². The van der Waals surface area contributed by atoms with Crippen molar-refractivity contribution in [2.45, 2.75) is 19.4 Å². The molecule has 0 aliphatic carbocycles. The number of hydrogen-bond acceptors (Lipinski definition) is 1. The van der Waals surface area contributed by atoms with Crippen molar-refractivity contribution in [1.29, 1.82) is 0 Å². The first-order valence-electron chi connectivity index (χ1n) is 6.28. The highest BCUT2D eigenvalue weighted by Crippen LogP contribution is 2.21. The fraction of sp³-hybridized carbons (Fsp3) is 0.250. The lowest BCUT2D eigenvalue weighted by Crippen LogP contribution is -2.19. The molecule has 1 unspecified atom stereocenters. The molecule has 0 heterocycles. The first-order chi connectivity index (χ1) is 9.10. The lowest BCUT2D eigenvalue weighted by atomic mass is 9.98. The van der Waals surface area contributed by atoms with Crippen LogP contribution in [0.25, 0.3) is 0 Å². The first-order valence-corrected chi connectivity index (χ1v) is 6.65. The van der Waals surface area contributed by atoms with Crippen molar-refractivity contribution in [2.75, 3.05) is 7.05 Å². The number of rotatable bonds is 4. The van der Waals surface area contributed by atoms with Crippen LogP contribution >= 0.6 is 11.6 Å². The lowest BCUT2D eigenvalue weighted by molar-refractivity contribution is 0.574. The number of halogens is 2. The van der Waals surface area contributed by atoms with E-state index in [1.807, 2.05) is 43.4 Å². The van der Waals surface area contributed by atoms with E-state index in [0.717, 1.165) is 17.0 Å². The molecule has 2 aromatic carbocycles. The molecule has 1 nitrogen and oxygen atoms in total. The van der Waals surface area contributed by atoms with E-state index >= 15 is 0 Å². The average Bonchev–Trinajstić information content (AvgIpc) is 2.41. The van der Waals surface area contributed by atoms with Crippen molar-refractivity contribution in [3.8, 4) is 0 Å². The van der Waals surface area contributed by atoms with E-state index in [9.17, 15) is 4.39 Å². The van der Waals surface area contributed by atoms with Gasteiger partial charge in [-0.1, -0.05) is 35.9 Å². The van der Waals surface area contributed by atoms with Gasteiger partial charge in [-0.05, 0) is 55.3 Å². The Balaban J connectivity index is 2.19. The quantitative estimate of drug-likeness (QED) is 0.879. The molecule has 1 atom stereocenters. The van der Waals surface area contributed by atoms with Gasteiger partial charge >= 0.3 is 0 Å². The Bertz CT molecular complexity index is 551. The molecule has 0 radical (unpaired) electrons. The summed E-state index contributed by atoms with van der Waals surface area (Å²) in [7, 11) is 1.89. The molecule has 0 aliphatic rings. The minimum atomic E-state index is -0.158. The summed E-state index contributed by atoms with van der Waals surface area (Å²) in [6.07, 6.45) is 0.802. The first kappa shape index (κ1) is 14.0. The number of benzene rings is 2. The maximum atomic E-state index is 13.6. The van der Waals surface area contributed by atoms with Crippen LogP contribution in [0.15, 0.2) is 42.5 Å². The second-order valence-electron chi connectivity index (χ2n) is 4.68. The van der Waals surface area contributed by atoms with Crippen LogP contribution in [0.3, 0.4) is 0 Å². The van der Waals surface area contributed by atoms with E-state index in [4.69, 9.17) is 11.6 Å². The Morgan fingerprint density at radius 3 is 2.42 bits per heavy atom. The Morgan fingerprint density at radius 1 is 1.16 bits per heavy atom. The summed E-state index contributed by atoms with van der Waals surface area (Å²) < 4.78 is 13.6. The van der Waals surface area contributed by atoms with Crippen LogP contribution < -0.4 is 5.32 Å². The fourth-order valence-electron chi connectivity index (χ4n) is 2.07. The Kier molecular flexibility index (Phi) is 4.56. The van der Waals surface area contributed by atoms with Crippen molar-refractivity contribution >= 4 is 11.6 Å². The van der Waals surface area contributed by atoms with E-state index in [-0.39, 0.29) is 11.9 Å². The second-order valence-corrected chi connectivity index (χ2v) is 5.12.